The smallest absolute Gasteiger partial charge is 0.236 e. The number of Topliss-reactive ketones (excluding diaryl/α,β-unsaturated/α-hetero) is 1. The second-order valence-electron chi connectivity index (χ2n) is 5.96. The lowest BCUT2D eigenvalue weighted by atomic mass is 9.76. The number of rotatable bonds is 2. The van der Waals surface area contributed by atoms with Crippen molar-refractivity contribution in [2.75, 3.05) is 0 Å². The van der Waals surface area contributed by atoms with Crippen LogP contribution < -0.4 is 0 Å². The zero-order chi connectivity index (χ0) is 14.4. The predicted molar refractivity (Wildman–Crippen MR) is 69.9 cm³/mol. The van der Waals surface area contributed by atoms with Crippen LogP contribution in [0, 0.1) is 11.7 Å². The Morgan fingerprint density at radius 2 is 1.74 bits per heavy atom. The molecule has 102 valence electrons. The second-order valence-corrected chi connectivity index (χ2v) is 5.96. The van der Waals surface area contributed by atoms with E-state index in [2.05, 4.69) is 0 Å². The van der Waals surface area contributed by atoms with Gasteiger partial charge in [0, 0.05) is 5.54 Å². The summed E-state index contributed by atoms with van der Waals surface area (Å²) in [6.45, 7) is 7.21. The molecule has 0 bridgehead atoms. The van der Waals surface area contributed by atoms with Crippen LogP contribution in [-0.4, -0.2) is 22.1 Å². The van der Waals surface area contributed by atoms with Crippen molar-refractivity contribution in [1.82, 2.24) is 4.90 Å². The zero-order valence-corrected chi connectivity index (χ0v) is 11.6. The number of carbonyl (C=O) groups is 2. The second kappa shape index (κ2) is 4.44. The maximum absolute atomic E-state index is 13.0. The molecule has 1 aliphatic heterocycles. The topological polar surface area (TPSA) is 37.4 Å². The van der Waals surface area contributed by atoms with Crippen LogP contribution >= 0.6 is 0 Å². The van der Waals surface area contributed by atoms with Crippen LogP contribution in [0.5, 0.6) is 0 Å². The third-order valence-corrected chi connectivity index (χ3v) is 3.47. The molecule has 0 unspecified atom stereocenters. The number of benzene rings is 1. The van der Waals surface area contributed by atoms with Crippen LogP contribution in [0.1, 0.15) is 39.3 Å². The molecule has 4 heteroatoms. The summed E-state index contributed by atoms with van der Waals surface area (Å²) in [5.41, 5.74) is 0.443. The fourth-order valence-electron chi connectivity index (χ4n) is 2.63. The van der Waals surface area contributed by atoms with Gasteiger partial charge < -0.3 is 4.90 Å². The molecular formula is C15H18FNO2. The zero-order valence-electron chi connectivity index (χ0n) is 11.6. The molecule has 0 aromatic heterocycles. The summed E-state index contributed by atoms with van der Waals surface area (Å²) in [5.74, 6) is -1.24. The Labute approximate surface area is 112 Å². The standard InChI is InChI=1S/C15H18FNO2/c1-9(18)12-13(10-5-7-11(16)8-6-10)17(14(12)19)15(2,3)4/h5-8,12-13H,1-4H3/t12-,13-/m1/s1. The normalized spacial score (nSPS) is 23.2. The van der Waals surface area contributed by atoms with Gasteiger partial charge >= 0.3 is 0 Å². The Kier molecular flexibility index (Phi) is 3.20. The maximum atomic E-state index is 13.0. The Bertz CT molecular complexity index is 516. The molecular weight excluding hydrogens is 245 g/mol. The summed E-state index contributed by atoms with van der Waals surface area (Å²) in [6.07, 6.45) is 0. The Morgan fingerprint density at radius 3 is 2.16 bits per heavy atom. The number of carbonyl (C=O) groups excluding carboxylic acids is 2. The van der Waals surface area contributed by atoms with E-state index in [0.29, 0.717) is 0 Å². The lowest BCUT2D eigenvalue weighted by molar-refractivity contribution is -0.170. The predicted octanol–water partition coefficient (Wildman–Crippen LogP) is 2.71. The van der Waals surface area contributed by atoms with Gasteiger partial charge in [-0.2, -0.15) is 0 Å². The van der Waals surface area contributed by atoms with Crippen molar-refractivity contribution >= 4 is 11.7 Å². The average molecular weight is 263 g/mol. The van der Waals surface area contributed by atoms with Gasteiger partial charge in [0.2, 0.25) is 5.91 Å². The number of halogens is 1. The monoisotopic (exact) mass is 263 g/mol. The fraction of sp³-hybridized carbons (Fsp3) is 0.467. The first kappa shape index (κ1) is 13.7. The minimum absolute atomic E-state index is 0.139. The number of β-lactam (4-membered cyclic amide) rings is 1. The Morgan fingerprint density at radius 1 is 1.21 bits per heavy atom. The van der Waals surface area contributed by atoms with Gasteiger partial charge in [-0.05, 0) is 45.4 Å². The summed E-state index contributed by atoms with van der Waals surface area (Å²) in [5, 5.41) is 0. The number of likely N-dealkylation sites (tertiary alicyclic amines) is 1. The number of ketones is 1. The van der Waals surface area contributed by atoms with E-state index in [1.54, 1.807) is 17.0 Å². The van der Waals surface area contributed by atoms with Gasteiger partial charge in [0.05, 0.1) is 6.04 Å². The maximum Gasteiger partial charge on any atom is 0.236 e. The van der Waals surface area contributed by atoms with Gasteiger partial charge in [0.25, 0.3) is 0 Å². The molecule has 2 rings (SSSR count). The summed E-state index contributed by atoms with van der Waals surface area (Å²) in [6, 6.07) is 5.71. The molecule has 0 aliphatic carbocycles. The van der Waals surface area contributed by atoms with Gasteiger partial charge in [-0.15, -0.1) is 0 Å². The van der Waals surface area contributed by atoms with Crippen molar-refractivity contribution < 1.29 is 14.0 Å². The SMILES string of the molecule is CC(=O)[C@H]1C(=O)N(C(C)(C)C)[C@@H]1c1ccc(F)cc1. The van der Waals surface area contributed by atoms with Crippen molar-refractivity contribution in [1.29, 1.82) is 0 Å². The minimum atomic E-state index is -0.635. The fourth-order valence-corrected chi connectivity index (χ4v) is 2.63. The lowest BCUT2D eigenvalue weighted by Crippen LogP contribution is -2.63. The van der Waals surface area contributed by atoms with Gasteiger partial charge in [-0.3, -0.25) is 9.59 Å². The van der Waals surface area contributed by atoms with E-state index in [9.17, 15) is 14.0 Å². The lowest BCUT2D eigenvalue weighted by Gasteiger charge is -2.53. The van der Waals surface area contributed by atoms with Gasteiger partial charge in [0.15, 0.2) is 0 Å². The highest BCUT2D eigenvalue weighted by Crippen LogP contribution is 2.45. The first-order valence-electron chi connectivity index (χ1n) is 6.32. The van der Waals surface area contributed by atoms with E-state index in [4.69, 9.17) is 0 Å². The molecule has 3 nitrogen and oxygen atoms in total. The van der Waals surface area contributed by atoms with Crippen LogP contribution in [0.15, 0.2) is 24.3 Å². The van der Waals surface area contributed by atoms with E-state index in [1.807, 2.05) is 20.8 Å². The highest BCUT2D eigenvalue weighted by Gasteiger charge is 2.54. The van der Waals surface area contributed by atoms with Gasteiger partial charge in [-0.1, -0.05) is 12.1 Å². The molecule has 2 atom stereocenters. The third-order valence-electron chi connectivity index (χ3n) is 3.47. The van der Waals surface area contributed by atoms with Gasteiger partial charge in [0.1, 0.15) is 17.5 Å². The van der Waals surface area contributed by atoms with E-state index in [0.717, 1.165) is 5.56 Å². The molecule has 0 saturated carbocycles. The number of nitrogens with zero attached hydrogens (tertiary/aromatic N) is 1. The van der Waals surface area contributed by atoms with Crippen LogP contribution in [0.4, 0.5) is 4.39 Å². The largest absolute Gasteiger partial charge is 0.329 e. The Hall–Kier alpha value is -1.71. The summed E-state index contributed by atoms with van der Waals surface area (Å²) >= 11 is 0. The molecule has 1 amide bonds. The van der Waals surface area contributed by atoms with Crippen molar-refractivity contribution in [3.8, 4) is 0 Å². The van der Waals surface area contributed by atoms with E-state index in [-0.39, 0.29) is 29.1 Å². The van der Waals surface area contributed by atoms with Crippen LogP contribution in [0.2, 0.25) is 0 Å². The first-order chi connectivity index (χ1) is 8.73. The number of hydrogen-bond acceptors (Lipinski definition) is 2. The molecule has 1 heterocycles. The average Bonchev–Trinajstić information content (AvgIpc) is 2.24. The van der Waals surface area contributed by atoms with Crippen molar-refractivity contribution in [2.45, 2.75) is 39.3 Å². The molecule has 0 N–H and O–H groups in total. The third kappa shape index (κ3) is 2.27. The summed E-state index contributed by atoms with van der Waals surface area (Å²) in [7, 11) is 0. The molecule has 1 saturated heterocycles. The summed E-state index contributed by atoms with van der Waals surface area (Å²) in [4.78, 5) is 25.5. The van der Waals surface area contributed by atoms with Crippen LogP contribution in [0.3, 0.4) is 0 Å². The minimum Gasteiger partial charge on any atom is -0.329 e. The molecule has 1 aromatic carbocycles. The van der Waals surface area contributed by atoms with Crippen molar-refractivity contribution in [3.05, 3.63) is 35.6 Å². The molecule has 1 fully saturated rings. The molecule has 1 aliphatic rings. The number of hydrogen-bond donors (Lipinski definition) is 0. The summed E-state index contributed by atoms with van der Waals surface area (Å²) < 4.78 is 13.0. The highest BCUT2D eigenvalue weighted by molar-refractivity contribution is 6.06. The quantitative estimate of drug-likeness (QED) is 0.607. The van der Waals surface area contributed by atoms with Crippen LogP contribution in [-0.2, 0) is 9.59 Å². The number of amides is 1. The molecule has 0 spiro atoms. The Balaban J connectivity index is 2.40. The van der Waals surface area contributed by atoms with E-state index in [1.165, 1.54) is 19.1 Å². The van der Waals surface area contributed by atoms with Crippen molar-refractivity contribution in [2.24, 2.45) is 5.92 Å². The van der Waals surface area contributed by atoms with Crippen LogP contribution in [0.25, 0.3) is 0 Å². The molecule has 0 radical (unpaired) electrons. The van der Waals surface area contributed by atoms with Gasteiger partial charge in [-0.25, -0.2) is 4.39 Å². The van der Waals surface area contributed by atoms with Crippen molar-refractivity contribution in [3.63, 3.8) is 0 Å². The van der Waals surface area contributed by atoms with E-state index >= 15 is 0 Å². The first-order valence-corrected chi connectivity index (χ1v) is 6.32. The van der Waals surface area contributed by atoms with E-state index < -0.39 is 5.92 Å². The highest BCUT2D eigenvalue weighted by atomic mass is 19.1. The molecule has 1 aromatic rings. The molecule has 19 heavy (non-hydrogen) atoms.